The number of primary amides is 1. The Morgan fingerprint density at radius 2 is 2.08 bits per heavy atom. The summed E-state index contributed by atoms with van der Waals surface area (Å²) in [7, 11) is 1.91. The molecule has 1 aliphatic rings. The van der Waals surface area contributed by atoms with Crippen LogP contribution in [0.4, 0.5) is 0 Å². The summed E-state index contributed by atoms with van der Waals surface area (Å²) >= 11 is 0. The van der Waals surface area contributed by atoms with E-state index in [-0.39, 0.29) is 17.7 Å². The van der Waals surface area contributed by atoms with E-state index < -0.39 is 0 Å². The molecule has 2 amide bonds. The van der Waals surface area contributed by atoms with Gasteiger partial charge in [0.05, 0.1) is 24.3 Å². The van der Waals surface area contributed by atoms with Gasteiger partial charge < -0.3 is 10.6 Å². The summed E-state index contributed by atoms with van der Waals surface area (Å²) in [6.07, 6.45) is 5.39. The van der Waals surface area contributed by atoms with E-state index in [1.165, 1.54) is 0 Å². The first-order valence-electron chi connectivity index (χ1n) is 8.87. The highest BCUT2D eigenvalue weighted by Gasteiger charge is 2.27. The fraction of sp³-hybridized carbons (Fsp3) is 0.421. The molecule has 1 aromatic carbocycles. The molecular weight excluding hydrogens is 330 g/mol. The number of carbonyl (C=O) groups is 2. The first-order valence-corrected chi connectivity index (χ1v) is 8.87. The topological polar surface area (TPSA) is 84.5 Å². The van der Waals surface area contributed by atoms with Gasteiger partial charge in [-0.2, -0.15) is 5.10 Å². The Balaban J connectivity index is 1.54. The molecule has 0 spiro atoms. The SMILES string of the molecule is CN(CC(=O)N1CCCC(C(N)=O)C1)Cc1cnn(-c2ccccc2)c1. The van der Waals surface area contributed by atoms with Crippen LogP contribution in [0.5, 0.6) is 0 Å². The summed E-state index contributed by atoms with van der Waals surface area (Å²) in [5.74, 6) is -0.500. The molecule has 1 atom stereocenters. The molecule has 3 rings (SSSR count). The fourth-order valence-corrected chi connectivity index (χ4v) is 3.30. The summed E-state index contributed by atoms with van der Waals surface area (Å²) in [6.45, 7) is 2.07. The molecule has 1 aromatic heterocycles. The third kappa shape index (κ3) is 4.49. The molecule has 0 bridgehead atoms. The average Bonchev–Trinajstić information content (AvgIpc) is 3.10. The molecule has 1 fully saturated rings. The summed E-state index contributed by atoms with van der Waals surface area (Å²) in [4.78, 5) is 27.6. The summed E-state index contributed by atoms with van der Waals surface area (Å²) < 4.78 is 1.83. The van der Waals surface area contributed by atoms with E-state index in [1.54, 1.807) is 4.90 Å². The average molecular weight is 355 g/mol. The normalized spacial score (nSPS) is 17.5. The van der Waals surface area contributed by atoms with Crippen LogP contribution in [0.25, 0.3) is 5.69 Å². The second kappa shape index (κ2) is 8.14. The van der Waals surface area contributed by atoms with Crippen LogP contribution in [0.1, 0.15) is 18.4 Å². The Labute approximate surface area is 153 Å². The van der Waals surface area contributed by atoms with Crippen molar-refractivity contribution in [1.29, 1.82) is 0 Å². The number of benzene rings is 1. The van der Waals surface area contributed by atoms with Gasteiger partial charge in [0.25, 0.3) is 0 Å². The van der Waals surface area contributed by atoms with E-state index >= 15 is 0 Å². The van der Waals surface area contributed by atoms with Crippen LogP contribution in [0, 0.1) is 5.92 Å². The lowest BCUT2D eigenvalue weighted by Gasteiger charge is -2.32. The zero-order valence-corrected chi connectivity index (χ0v) is 15.0. The van der Waals surface area contributed by atoms with Crippen molar-refractivity contribution in [3.05, 3.63) is 48.3 Å². The predicted octanol–water partition coefficient (Wildman–Crippen LogP) is 1.03. The highest BCUT2D eigenvalue weighted by atomic mass is 16.2. The zero-order chi connectivity index (χ0) is 18.5. The molecule has 0 saturated carbocycles. The quantitative estimate of drug-likeness (QED) is 0.839. The number of hydrogen-bond acceptors (Lipinski definition) is 4. The van der Waals surface area contributed by atoms with Gasteiger partial charge in [-0.15, -0.1) is 0 Å². The van der Waals surface area contributed by atoms with Crippen molar-refractivity contribution in [1.82, 2.24) is 19.6 Å². The number of nitrogens with zero attached hydrogens (tertiary/aromatic N) is 4. The number of hydrogen-bond donors (Lipinski definition) is 1. The first kappa shape index (κ1) is 18.1. The Kier molecular flexibility index (Phi) is 5.68. The minimum atomic E-state index is -0.316. The molecule has 7 heteroatoms. The fourth-order valence-electron chi connectivity index (χ4n) is 3.30. The monoisotopic (exact) mass is 355 g/mol. The van der Waals surface area contributed by atoms with Gasteiger partial charge in [-0.25, -0.2) is 4.68 Å². The van der Waals surface area contributed by atoms with E-state index in [1.807, 2.05) is 59.4 Å². The van der Waals surface area contributed by atoms with Gasteiger partial charge in [0.1, 0.15) is 0 Å². The van der Waals surface area contributed by atoms with Gasteiger partial charge >= 0.3 is 0 Å². The van der Waals surface area contributed by atoms with E-state index in [2.05, 4.69) is 5.10 Å². The van der Waals surface area contributed by atoms with E-state index in [0.29, 0.717) is 26.2 Å². The number of piperidine rings is 1. The lowest BCUT2D eigenvalue weighted by Crippen LogP contribution is -2.47. The third-order valence-electron chi connectivity index (χ3n) is 4.69. The maximum atomic E-state index is 12.5. The van der Waals surface area contributed by atoms with Gasteiger partial charge in [-0.1, -0.05) is 18.2 Å². The minimum absolute atomic E-state index is 0.0360. The van der Waals surface area contributed by atoms with Crippen molar-refractivity contribution in [2.24, 2.45) is 11.7 Å². The van der Waals surface area contributed by atoms with Crippen molar-refractivity contribution in [3.63, 3.8) is 0 Å². The van der Waals surface area contributed by atoms with Crippen LogP contribution in [0.15, 0.2) is 42.7 Å². The molecular formula is C19H25N5O2. The third-order valence-corrected chi connectivity index (χ3v) is 4.69. The molecule has 0 radical (unpaired) electrons. The van der Waals surface area contributed by atoms with Gasteiger partial charge in [-0.05, 0) is 32.0 Å². The molecule has 2 N–H and O–H groups in total. The number of amides is 2. The molecule has 1 aliphatic heterocycles. The van der Waals surface area contributed by atoms with Gasteiger partial charge in [0.15, 0.2) is 0 Å². The number of rotatable bonds is 6. The highest BCUT2D eigenvalue weighted by molar-refractivity contribution is 5.81. The van der Waals surface area contributed by atoms with Gasteiger partial charge in [0.2, 0.25) is 11.8 Å². The Bertz CT molecular complexity index is 758. The van der Waals surface area contributed by atoms with E-state index in [0.717, 1.165) is 24.1 Å². The van der Waals surface area contributed by atoms with Crippen LogP contribution < -0.4 is 5.73 Å². The highest BCUT2D eigenvalue weighted by Crippen LogP contribution is 2.16. The van der Waals surface area contributed by atoms with Crippen LogP contribution in [0.2, 0.25) is 0 Å². The number of carbonyl (C=O) groups excluding carboxylic acids is 2. The summed E-state index contributed by atoms with van der Waals surface area (Å²) in [5.41, 5.74) is 7.43. The Hall–Kier alpha value is -2.67. The van der Waals surface area contributed by atoms with Crippen molar-refractivity contribution in [3.8, 4) is 5.69 Å². The van der Waals surface area contributed by atoms with Gasteiger partial charge in [0, 0.05) is 31.4 Å². The van der Waals surface area contributed by atoms with Crippen molar-refractivity contribution in [2.45, 2.75) is 19.4 Å². The number of para-hydroxylation sites is 1. The summed E-state index contributed by atoms with van der Waals surface area (Å²) in [6, 6.07) is 9.90. The largest absolute Gasteiger partial charge is 0.369 e. The first-order chi connectivity index (χ1) is 12.5. The maximum Gasteiger partial charge on any atom is 0.236 e. The van der Waals surface area contributed by atoms with Gasteiger partial charge in [-0.3, -0.25) is 14.5 Å². The Morgan fingerprint density at radius 3 is 2.81 bits per heavy atom. The number of aromatic nitrogens is 2. The van der Waals surface area contributed by atoms with E-state index in [9.17, 15) is 9.59 Å². The molecule has 138 valence electrons. The minimum Gasteiger partial charge on any atom is -0.369 e. The van der Waals surface area contributed by atoms with Crippen LogP contribution >= 0.6 is 0 Å². The van der Waals surface area contributed by atoms with Crippen LogP contribution in [-0.2, 0) is 16.1 Å². The molecule has 1 unspecified atom stereocenters. The standard InChI is InChI=1S/C19H25N5O2/c1-22(14-18(25)23-9-5-6-16(13-23)19(20)26)11-15-10-21-24(12-15)17-7-3-2-4-8-17/h2-4,7-8,10,12,16H,5-6,9,11,13-14H2,1H3,(H2,20,26). The van der Waals surface area contributed by atoms with Crippen molar-refractivity contribution < 1.29 is 9.59 Å². The number of nitrogens with two attached hydrogens (primary N) is 1. The zero-order valence-electron chi connectivity index (χ0n) is 15.0. The lowest BCUT2D eigenvalue weighted by molar-refractivity contribution is -0.135. The molecule has 2 heterocycles. The molecule has 7 nitrogen and oxygen atoms in total. The molecule has 1 saturated heterocycles. The summed E-state index contributed by atoms with van der Waals surface area (Å²) in [5, 5.41) is 4.38. The second-order valence-electron chi connectivity index (χ2n) is 6.88. The molecule has 26 heavy (non-hydrogen) atoms. The second-order valence-corrected chi connectivity index (χ2v) is 6.88. The van der Waals surface area contributed by atoms with Crippen molar-refractivity contribution in [2.75, 3.05) is 26.7 Å². The number of likely N-dealkylation sites (tertiary alicyclic amines) is 1. The molecule has 2 aromatic rings. The maximum absolute atomic E-state index is 12.5. The van der Waals surface area contributed by atoms with E-state index in [4.69, 9.17) is 5.73 Å². The lowest BCUT2D eigenvalue weighted by atomic mass is 9.97. The van der Waals surface area contributed by atoms with Crippen molar-refractivity contribution >= 4 is 11.8 Å². The van der Waals surface area contributed by atoms with Crippen LogP contribution in [0.3, 0.4) is 0 Å². The van der Waals surface area contributed by atoms with Crippen LogP contribution in [-0.4, -0.2) is 58.1 Å². The molecule has 0 aliphatic carbocycles. The Morgan fingerprint density at radius 1 is 1.31 bits per heavy atom. The smallest absolute Gasteiger partial charge is 0.236 e. The predicted molar refractivity (Wildman–Crippen MR) is 98.4 cm³/mol. The number of likely N-dealkylation sites (N-methyl/N-ethyl adjacent to an activating group) is 1.